The van der Waals surface area contributed by atoms with Gasteiger partial charge in [0.1, 0.15) is 6.10 Å². The smallest absolute Gasteiger partial charge is 0.140 e. The number of methoxy groups -OCH3 is 1. The van der Waals surface area contributed by atoms with Gasteiger partial charge >= 0.3 is 0 Å². The van der Waals surface area contributed by atoms with Gasteiger partial charge in [-0.2, -0.15) is 5.26 Å². The lowest BCUT2D eigenvalue weighted by atomic mass is 10.2. The molecule has 0 aliphatic carbocycles. The topological polar surface area (TPSA) is 45.9 Å². The molecule has 1 rings (SSSR count). The molecule has 16 heavy (non-hydrogen) atoms. The molecule has 0 N–H and O–H groups in total. The Morgan fingerprint density at radius 2 is 2.25 bits per heavy atom. The first-order valence-corrected chi connectivity index (χ1v) is 5.56. The first kappa shape index (κ1) is 14.6. The number of aryl methyl sites for hydroxylation is 1. The third kappa shape index (κ3) is 7.95. The van der Waals surface area contributed by atoms with E-state index in [1.165, 1.54) is 25.6 Å². The minimum absolute atomic E-state index is 0.259. The Balaban J connectivity index is 0.000000325. The van der Waals surface area contributed by atoms with Crippen LogP contribution in [0.25, 0.3) is 0 Å². The monoisotopic (exact) mass is 220 g/mol. The van der Waals surface area contributed by atoms with E-state index < -0.39 is 0 Å². The van der Waals surface area contributed by atoms with E-state index in [1.807, 2.05) is 24.4 Å². The van der Waals surface area contributed by atoms with Crippen LogP contribution in [0.1, 0.15) is 32.4 Å². The number of ether oxygens (including phenoxy) is 1. The van der Waals surface area contributed by atoms with Gasteiger partial charge in [0.25, 0.3) is 0 Å². The second kappa shape index (κ2) is 10.1. The van der Waals surface area contributed by atoms with E-state index >= 15 is 0 Å². The van der Waals surface area contributed by atoms with Crippen molar-refractivity contribution in [2.75, 3.05) is 7.11 Å². The lowest BCUT2D eigenvalue weighted by Gasteiger charge is -1.95. The summed E-state index contributed by atoms with van der Waals surface area (Å²) >= 11 is 0. The molecule has 88 valence electrons. The first-order valence-electron chi connectivity index (χ1n) is 5.56. The number of nitrogens with zero attached hydrogens (tertiary/aromatic N) is 2. The Hall–Kier alpha value is -1.40. The lowest BCUT2D eigenvalue weighted by Crippen LogP contribution is -1.97. The average Bonchev–Trinajstić information content (AvgIpc) is 2.37. The van der Waals surface area contributed by atoms with Crippen molar-refractivity contribution in [3.63, 3.8) is 0 Å². The highest BCUT2D eigenvalue weighted by molar-refractivity contribution is 5.03. The summed E-state index contributed by atoms with van der Waals surface area (Å²) in [4.78, 5) is 4.22. The van der Waals surface area contributed by atoms with Crippen molar-refractivity contribution in [2.24, 2.45) is 0 Å². The summed E-state index contributed by atoms with van der Waals surface area (Å²) in [5.74, 6) is 0. The van der Waals surface area contributed by atoms with Crippen LogP contribution in [0.3, 0.4) is 0 Å². The zero-order chi connectivity index (χ0) is 12.2. The molecule has 0 aliphatic heterocycles. The quantitative estimate of drug-likeness (QED) is 0.783. The van der Waals surface area contributed by atoms with Gasteiger partial charge < -0.3 is 4.74 Å². The van der Waals surface area contributed by atoms with E-state index in [-0.39, 0.29) is 6.10 Å². The molecule has 1 heterocycles. The van der Waals surface area contributed by atoms with Crippen LogP contribution >= 0.6 is 0 Å². The molecule has 0 bridgehead atoms. The van der Waals surface area contributed by atoms with Crippen molar-refractivity contribution in [1.82, 2.24) is 4.98 Å². The Labute approximate surface area is 98.1 Å². The summed E-state index contributed by atoms with van der Waals surface area (Å²) < 4.78 is 4.54. The highest BCUT2D eigenvalue weighted by Crippen LogP contribution is 1.99. The van der Waals surface area contributed by atoms with Gasteiger partial charge in [0.15, 0.2) is 0 Å². The molecule has 0 saturated heterocycles. The van der Waals surface area contributed by atoms with Crippen molar-refractivity contribution in [2.45, 2.75) is 39.2 Å². The van der Waals surface area contributed by atoms with E-state index in [2.05, 4.69) is 22.7 Å². The second-order valence-electron chi connectivity index (χ2n) is 3.43. The number of hydrogen-bond acceptors (Lipinski definition) is 3. The molecular formula is C13H20N2O. The molecule has 3 nitrogen and oxygen atoms in total. The van der Waals surface area contributed by atoms with E-state index in [0.29, 0.717) is 0 Å². The summed E-state index contributed by atoms with van der Waals surface area (Å²) in [5, 5.41) is 7.96. The fourth-order valence-electron chi connectivity index (χ4n) is 0.957. The van der Waals surface area contributed by atoms with Crippen LogP contribution in [0.4, 0.5) is 0 Å². The highest BCUT2D eigenvalue weighted by atomic mass is 16.5. The van der Waals surface area contributed by atoms with Crippen LogP contribution in [-0.2, 0) is 11.2 Å². The lowest BCUT2D eigenvalue weighted by molar-refractivity contribution is 0.162. The van der Waals surface area contributed by atoms with Gasteiger partial charge in [-0.1, -0.05) is 19.4 Å². The van der Waals surface area contributed by atoms with Gasteiger partial charge in [-0.05, 0) is 31.9 Å². The second-order valence-corrected chi connectivity index (χ2v) is 3.43. The van der Waals surface area contributed by atoms with E-state index in [0.717, 1.165) is 6.42 Å². The predicted octanol–water partition coefficient (Wildman–Crippen LogP) is 2.97. The van der Waals surface area contributed by atoms with Gasteiger partial charge in [0, 0.05) is 19.0 Å². The van der Waals surface area contributed by atoms with Crippen molar-refractivity contribution < 1.29 is 4.74 Å². The molecule has 0 amide bonds. The zero-order valence-corrected chi connectivity index (χ0v) is 10.3. The normalized spacial score (nSPS) is 10.9. The van der Waals surface area contributed by atoms with Gasteiger partial charge in [0.05, 0.1) is 6.07 Å². The van der Waals surface area contributed by atoms with Gasteiger partial charge in [-0.3, -0.25) is 4.98 Å². The molecule has 0 aliphatic rings. The predicted molar refractivity (Wildman–Crippen MR) is 64.9 cm³/mol. The maximum atomic E-state index is 7.96. The van der Waals surface area contributed by atoms with Crippen LogP contribution in [0.15, 0.2) is 24.4 Å². The maximum Gasteiger partial charge on any atom is 0.140 e. The highest BCUT2D eigenvalue weighted by Gasteiger charge is 1.89. The van der Waals surface area contributed by atoms with Crippen LogP contribution in [0.5, 0.6) is 0 Å². The van der Waals surface area contributed by atoms with Crippen LogP contribution < -0.4 is 0 Å². The molecule has 0 saturated carbocycles. The summed E-state index contributed by atoms with van der Waals surface area (Å²) in [6, 6.07) is 7.96. The standard InChI is InChI=1S/C9H13N.C4H7NO/c1-2-3-6-9-7-4-5-8-10-9;1-4(3-5)6-2/h4-5,7-8H,2-3,6H2,1H3;4H,1-2H3. The molecule has 0 aromatic carbocycles. The SMILES string of the molecule is CCCCc1ccccn1.COC(C)C#N. The van der Waals surface area contributed by atoms with E-state index in [1.54, 1.807) is 6.92 Å². The minimum atomic E-state index is -0.259. The Kier molecular flexibility index (Phi) is 9.24. The summed E-state index contributed by atoms with van der Waals surface area (Å²) in [6.07, 6.45) is 5.21. The molecule has 1 atom stereocenters. The molecule has 0 spiro atoms. The summed E-state index contributed by atoms with van der Waals surface area (Å²) in [5.41, 5.74) is 1.21. The third-order valence-corrected chi connectivity index (χ3v) is 2.05. The molecule has 0 radical (unpaired) electrons. The van der Waals surface area contributed by atoms with Crippen molar-refractivity contribution >= 4 is 0 Å². The van der Waals surface area contributed by atoms with Crippen LogP contribution in [-0.4, -0.2) is 18.2 Å². The molecule has 1 unspecified atom stereocenters. The van der Waals surface area contributed by atoms with Gasteiger partial charge in [-0.25, -0.2) is 0 Å². The first-order chi connectivity index (χ1) is 7.74. The van der Waals surface area contributed by atoms with Crippen molar-refractivity contribution in [3.05, 3.63) is 30.1 Å². The number of pyridine rings is 1. The van der Waals surface area contributed by atoms with Gasteiger partial charge in [-0.15, -0.1) is 0 Å². The van der Waals surface area contributed by atoms with Crippen LogP contribution in [0.2, 0.25) is 0 Å². The number of unbranched alkanes of at least 4 members (excludes halogenated alkanes) is 1. The molecule has 1 aromatic rings. The Bertz CT molecular complexity index is 293. The third-order valence-electron chi connectivity index (χ3n) is 2.05. The van der Waals surface area contributed by atoms with Crippen LogP contribution in [0, 0.1) is 11.3 Å². The summed E-state index contributed by atoms with van der Waals surface area (Å²) in [7, 11) is 1.51. The maximum absolute atomic E-state index is 7.96. The summed E-state index contributed by atoms with van der Waals surface area (Å²) in [6.45, 7) is 3.89. The fourth-order valence-corrected chi connectivity index (χ4v) is 0.957. The molecular weight excluding hydrogens is 200 g/mol. The molecule has 3 heteroatoms. The number of nitriles is 1. The van der Waals surface area contributed by atoms with E-state index in [4.69, 9.17) is 5.26 Å². The Morgan fingerprint density at radius 1 is 1.50 bits per heavy atom. The van der Waals surface area contributed by atoms with E-state index in [9.17, 15) is 0 Å². The fraction of sp³-hybridized carbons (Fsp3) is 0.538. The minimum Gasteiger partial charge on any atom is -0.367 e. The van der Waals surface area contributed by atoms with Gasteiger partial charge in [0.2, 0.25) is 0 Å². The van der Waals surface area contributed by atoms with Crippen molar-refractivity contribution in [3.8, 4) is 6.07 Å². The largest absolute Gasteiger partial charge is 0.367 e. The molecule has 1 aromatic heterocycles. The zero-order valence-electron chi connectivity index (χ0n) is 10.3. The van der Waals surface area contributed by atoms with Crippen molar-refractivity contribution in [1.29, 1.82) is 5.26 Å². The molecule has 0 fully saturated rings. The number of hydrogen-bond donors (Lipinski definition) is 0. The number of rotatable bonds is 4. The number of aromatic nitrogens is 1. The Morgan fingerprint density at radius 3 is 2.62 bits per heavy atom. The average molecular weight is 220 g/mol.